The molecule has 1 aliphatic rings. The molecule has 2 aromatic rings. The van der Waals surface area contributed by atoms with Crippen molar-refractivity contribution in [3.8, 4) is 5.75 Å². The van der Waals surface area contributed by atoms with Gasteiger partial charge in [0.2, 0.25) is 15.9 Å². The summed E-state index contributed by atoms with van der Waals surface area (Å²) < 4.78 is 33.3. The molecular formula is C24H32N2O4S. The van der Waals surface area contributed by atoms with Crippen molar-refractivity contribution in [2.45, 2.75) is 62.8 Å². The van der Waals surface area contributed by atoms with Crippen LogP contribution in [0.2, 0.25) is 0 Å². The third-order valence-electron chi connectivity index (χ3n) is 5.58. The molecule has 31 heavy (non-hydrogen) atoms. The van der Waals surface area contributed by atoms with Crippen molar-refractivity contribution in [2.24, 2.45) is 0 Å². The summed E-state index contributed by atoms with van der Waals surface area (Å²) in [5.74, 6) is 0.701. The first-order valence-electron chi connectivity index (χ1n) is 11.1. The number of hydrogen-bond acceptors (Lipinski definition) is 4. The van der Waals surface area contributed by atoms with Gasteiger partial charge in [-0.1, -0.05) is 44.0 Å². The Labute approximate surface area is 185 Å². The number of sulfonamides is 1. The normalized spacial score (nSPS) is 14.5. The van der Waals surface area contributed by atoms with Crippen LogP contribution in [0.4, 0.5) is 0 Å². The van der Waals surface area contributed by atoms with Crippen LogP contribution in [0.1, 0.15) is 50.2 Å². The van der Waals surface area contributed by atoms with Gasteiger partial charge in [-0.25, -0.2) is 13.1 Å². The maximum Gasteiger partial charge on any atom is 0.240 e. The fourth-order valence-corrected chi connectivity index (χ4v) is 4.99. The number of aryl methyl sites for hydroxylation is 1. The Kier molecular flexibility index (Phi) is 8.49. The van der Waals surface area contributed by atoms with E-state index in [1.165, 1.54) is 5.56 Å². The van der Waals surface area contributed by atoms with Gasteiger partial charge in [0.1, 0.15) is 5.75 Å². The summed E-state index contributed by atoms with van der Waals surface area (Å²) >= 11 is 0. The lowest BCUT2D eigenvalue weighted by Gasteiger charge is -2.13. The van der Waals surface area contributed by atoms with Crippen LogP contribution in [0.5, 0.6) is 5.75 Å². The van der Waals surface area contributed by atoms with Crippen LogP contribution in [-0.4, -0.2) is 33.5 Å². The molecule has 0 aromatic heterocycles. The Balaban J connectivity index is 1.36. The minimum atomic E-state index is -3.47. The molecule has 0 unspecified atom stereocenters. The van der Waals surface area contributed by atoms with E-state index in [2.05, 4.69) is 17.0 Å². The van der Waals surface area contributed by atoms with E-state index in [0.29, 0.717) is 26.0 Å². The quantitative estimate of drug-likeness (QED) is 0.555. The maximum atomic E-state index is 12.5. The van der Waals surface area contributed by atoms with Crippen LogP contribution in [0.3, 0.4) is 0 Å². The molecule has 0 radical (unpaired) electrons. The number of amides is 1. The largest absolute Gasteiger partial charge is 0.493 e. The van der Waals surface area contributed by atoms with Crippen LogP contribution >= 0.6 is 0 Å². The summed E-state index contributed by atoms with van der Waals surface area (Å²) in [5.41, 5.74) is 2.23. The number of ether oxygens (including phenoxy) is 1. The molecule has 0 atom stereocenters. The Bertz CT molecular complexity index is 935. The van der Waals surface area contributed by atoms with Crippen molar-refractivity contribution in [3.05, 3.63) is 59.7 Å². The first-order chi connectivity index (χ1) is 15.0. The molecule has 1 saturated carbocycles. The number of rotatable bonds is 11. The fraction of sp³-hybridized carbons (Fsp3) is 0.458. The third-order valence-corrected chi connectivity index (χ3v) is 7.11. The Hall–Kier alpha value is -2.38. The number of nitrogens with one attached hydrogen (secondary N) is 2. The molecule has 0 heterocycles. The lowest BCUT2D eigenvalue weighted by molar-refractivity contribution is -0.121. The summed E-state index contributed by atoms with van der Waals surface area (Å²) in [7, 11) is -3.47. The minimum absolute atomic E-state index is 0.0552. The number of carbonyl (C=O) groups is 1. The third kappa shape index (κ3) is 7.36. The van der Waals surface area contributed by atoms with Gasteiger partial charge in [-0.3, -0.25) is 4.79 Å². The lowest BCUT2D eigenvalue weighted by Crippen LogP contribution is -2.32. The highest BCUT2D eigenvalue weighted by Gasteiger charge is 2.22. The summed E-state index contributed by atoms with van der Waals surface area (Å²) in [6, 6.07) is 14.8. The van der Waals surface area contributed by atoms with Crippen molar-refractivity contribution < 1.29 is 17.9 Å². The van der Waals surface area contributed by atoms with Gasteiger partial charge >= 0.3 is 0 Å². The van der Waals surface area contributed by atoms with Gasteiger partial charge in [0.15, 0.2) is 0 Å². The monoisotopic (exact) mass is 444 g/mol. The Morgan fingerprint density at radius 3 is 2.29 bits per heavy atom. The first kappa shape index (κ1) is 23.3. The molecule has 168 valence electrons. The van der Waals surface area contributed by atoms with E-state index in [1.807, 2.05) is 24.3 Å². The molecule has 1 amide bonds. The van der Waals surface area contributed by atoms with Crippen molar-refractivity contribution in [1.82, 2.24) is 10.0 Å². The van der Waals surface area contributed by atoms with E-state index in [-0.39, 0.29) is 16.8 Å². The second-order valence-corrected chi connectivity index (χ2v) is 9.66. The summed E-state index contributed by atoms with van der Waals surface area (Å²) in [6.07, 6.45) is 5.89. The first-order valence-corrected chi connectivity index (χ1v) is 12.5. The molecule has 1 fully saturated rings. The molecule has 7 heteroatoms. The van der Waals surface area contributed by atoms with Crippen LogP contribution in [-0.2, 0) is 27.7 Å². The molecule has 0 aliphatic heterocycles. The standard InChI is InChI=1S/C24H32N2O4S/c1-2-19-7-11-22(12-8-19)30-18-16-24(27)25-17-15-20-9-13-23(14-10-20)31(28,29)26-21-5-3-4-6-21/h7-14,21,26H,2-6,15-18H2,1H3,(H,25,27). The van der Waals surface area contributed by atoms with Crippen molar-refractivity contribution in [2.75, 3.05) is 13.2 Å². The number of carbonyl (C=O) groups excluding carboxylic acids is 1. The van der Waals surface area contributed by atoms with Crippen LogP contribution < -0.4 is 14.8 Å². The van der Waals surface area contributed by atoms with Gasteiger partial charge in [-0.05, 0) is 61.1 Å². The average Bonchev–Trinajstić information content (AvgIpc) is 3.27. The number of hydrogen-bond donors (Lipinski definition) is 2. The van der Waals surface area contributed by atoms with Gasteiger partial charge < -0.3 is 10.1 Å². The molecule has 6 nitrogen and oxygen atoms in total. The molecule has 0 bridgehead atoms. The van der Waals surface area contributed by atoms with Crippen LogP contribution in [0.25, 0.3) is 0 Å². The smallest absolute Gasteiger partial charge is 0.240 e. The predicted octanol–water partition coefficient (Wildman–Crippen LogP) is 3.60. The summed E-state index contributed by atoms with van der Waals surface area (Å²) in [5, 5.41) is 2.88. The van der Waals surface area contributed by atoms with Crippen molar-refractivity contribution in [3.63, 3.8) is 0 Å². The second kappa shape index (κ2) is 11.3. The fourth-order valence-electron chi connectivity index (χ4n) is 3.68. The van der Waals surface area contributed by atoms with E-state index in [1.54, 1.807) is 24.3 Å². The van der Waals surface area contributed by atoms with Gasteiger partial charge in [0.05, 0.1) is 17.9 Å². The van der Waals surface area contributed by atoms with Gasteiger partial charge in [0, 0.05) is 12.6 Å². The number of benzene rings is 2. The van der Waals surface area contributed by atoms with Gasteiger partial charge in [-0.2, -0.15) is 0 Å². The lowest BCUT2D eigenvalue weighted by atomic mass is 10.1. The molecule has 2 aromatic carbocycles. The zero-order valence-corrected chi connectivity index (χ0v) is 18.9. The maximum absolute atomic E-state index is 12.5. The molecule has 0 spiro atoms. The van der Waals surface area contributed by atoms with E-state index >= 15 is 0 Å². The summed E-state index contributed by atoms with van der Waals surface area (Å²) in [4.78, 5) is 12.3. The zero-order valence-electron chi connectivity index (χ0n) is 18.1. The minimum Gasteiger partial charge on any atom is -0.493 e. The van der Waals surface area contributed by atoms with E-state index in [0.717, 1.165) is 43.4 Å². The van der Waals surface area contributed by atoms with E-state index in [9.17, 15) is 13.2 Å². The van der Waals surface area contributed by atoms with Crippen LogP contribution in [0.15, 0.2) is 53.4 Å². The predicted molar refractivity (Wildman–Crippen MR) is 122 cm³/mol. The second-order valence-electron chi connectivity index (χ2n) is 7.94. The van der Waals surface area contributed by atoms with Crippen molar-refractivity contribution >= 4 is 15.9 Å². The highest BCUT2D eigenvalue weighted by atomic mass is 32.2. The van der Waals surface area contributed by atoms with E-state index in [4.69, 9.17) is 4.74 Å². The Morgan fingerprint density at radius 1 is 1.00 bits per heavy atom. The molecular weight excluding hydrogens is 412 g/mol. The van der Waals surface area contributed by atoms with Crippen molar-refractivity contribution in [1.29, 1.82) is 0 Å². The zero-order chi connectivity index (χ0) is 22.1. The van der Waals surface area contributed by atoms with Gasteiger partial charge in [-0.15, -0.1) is 0 Å². The topological polar surface area (TPSA) is 84.5 Å². The van der Waals surface area contributed by atoms with E-state index < -0.39 is 10.0 Å². The molecule has 2 N–H and O–H groups in total. The molecule has 0 saturated heterocycles. The summed E-state index contributed by atoms with van der Waals surface area (Å²) in [6.45, 7) is 2.93. The highest BCUT2D eigenvalue weighted by Crippen LogP contribution is 2.20. The molecule has 1 aliphatic carbocycles. The molecule has 3 rings (SSSR count). The Morgan fingerprint density at radius 2 is 1.65 bits per heavy atom. The van der Waals surface area contributed by atoms with Crippen LogP contribution in [0, 0.1) is 0 Å². The average molecular weight is 445 g/mol. The van der Waals surface area contributed by atoms with Gasteiger partial charge in [0.25, 0.3) is 0 Å². The highest BCUT2D eigenvalue weighted by molar-refractivity contribution is 7.89. The SMILES string of the molecule is CCc1ccc(OCCC(=O)NCCc2ccc(S(=O)(=O)NC3CCCC3)cc2)cc1.